The first-order valence-electron chi connectivity index (χ1n) is 4.78. The summed E-state index contributed by atoms with van der Waals surface area (Å²) in [4.78, 5) is 11.6. The molecule has 0 radical (unpaired) electrons. The second kappa shape index (κ2) is 4.55. The van der Waals surface area contributed by atoms with E-state index in [9.17, 15) is 4.79 Å². The third-order valence-electron chi connectivity index (χ3n) is 2.30. The lowest BCUT2D eigenvalue weighted by atomic mass is 10.1. The Labute approximate surface area is 87.2 Å². The molecule has 1 N–H and O–H groups in total. The molecule has 2 rings (SSSR count). The summed E-state index contributed by atoms with van der Waals surface area (Å²) < 4.78 is 5.02. The normalized spacial score (nSPS) is 18.0. The Morgan fingerprint density at radius 1 is 1.50 bits per heavy atom. The molecule has 3 nitrogen and oxygen atoms in total. The van der Waals surface area contributed by atoms with Crippen molar-refractivity contribution in [3.05, 3.63) is 24.2 Å². The maximum absolute atomic E-state index is 11.6. The van der Waals surface area contributed by atoms with Gasteiger partial charge in [-0.05, 0) is 36.5 Å². The van der Waals surface area contributed by atoms with Gasteiger partial charge in [-0.25, -0.2) is 0 Å². The highest BCUT2D eigenvalue weighted by molar-refractivity contribution is 7.99. The van der Waals surface area contributed by atoms with Crippen LogP contribution in [0.3, 0.4) is 0 Å². The molecule has 0 spiro atoms. The lowest BCUT2D eigenvalue weighted by molar-refractivity contribution is 0.0907. The Balaban J connectivity index is 1.87. The molecule has 0 atom stereocenters. The van der Waals surface area contributed by atoms with Crippen LogP contribution in [-0.4, -0.2) is 23.5 Å². The van der Waals surface area contributed by atoms with E-state index in [0.717, 1.165) is 24.3 Å². The van der Waals surface area contributed by atoms with E-state index >= 15 is 0 Å². The molecule has 76 valence electrons. The van der Waals surface area contributed by atoms with Crippen LogP contribution < -0.4 is 5.32 Å². The quantitative estimate of drug-likeness (QED) is 0.812. The minimum Gasteiger partial charge on any atom is -0.459 e. The van der Waals surface area contributed by atoms with Crippen LogP contribution in [0.2, 0.25) is 0 Å². The van der Waals surface area contributed by atoms with E-state index < -0.39 is 0 Å². The van der Waals surface area contributed by atoms with Crippen LogP contribution in [0.15, 0.2) is 22.8 Å². The molecule has 0 unspecified atom stereocenters. The monoisotopic (exact) mass is 211 g/mol. The zero-order chi connectivity index (χ0) is 9.80. The van der Waals surface area contributed by atoms with Crippen LogP contribution in [-0.2, 0) is 0 Å². The number of carbonyl (C=O) groups is 1. The Morgan fingerprint density at radius 2 is 2.29 bits per heavy atom. The molecular formula is C10H13NO2S. The fourth-order valence-corrected chi connectivity index (χ4v) is 2.61. The van der Waals surface area contributed by atoms with E-state index in [4.69, 9.17) is 4.42 Å². The fourth-order valence-electron chi connectivity index (χ4n) is 1.51. The van der Waals surface area contributed by atoms with Gasteiger partial charge in [-0.2, -0.15) is 11.8 Å². The van der Waals surface area contributed by atoms with Crippen LogP contribution in [0.4, 0.5) is 0 Å². The van der Waals surface area contributed by atoms with Crippen LogP contribution in [0.5, 0.6) is 0 Å². The Kier molecular flexibility index (Phi) is 3.14. The molecule has 14 heavy (non-hydrogen) atoms. The van der Waals surface area contributed by atoms with Gasteiger partial charge in [0.25, 0.3) is 5.91 Å². The van der Waals surface area contributed by atoms with Gasteiger partial charge >= 0.3 is 0 Å². The summed E-state index contributed by atoms with van der Waals surface area (Å²) in [5.41, 5.74) is 0. The van der Waals surface area contributed by atoms with Crippen LogP contribution in [0, 0.1) is 0 Å². The van der Waals surface area contributed by atoms with Crippen LogP contribution >= 0.6 is 11.8 Å². The van der Waals surface area contributed by atoms with Gasteiger partial charge in [0.05, 0.1) is 6.26 Å². The summed E-state index contributed by atoms with van der Waals surface area (Å²) in [6.45, 7) is 0. The smallest absolute Gasteiger partial charge is 0.287 e. The largest absolute Gasteiger partial charge is 0.459 e. The molecule has 4 heteroatoms. The molecule has 1 aliphatic rings. The van der Waals surface area contributed by atoms with E-state index in [1.165, 1.54) is 6.26 Å². The molecule has 2 heterocycles. The van der Waals surface area contributed by atoms with Crippen molar-refractivity contribution in [3.63, 3.8) is 0 Å². The van der Waals surface area contributed by atoms with Crippen molar-refractivity contribution in [1.29, 1.82) is 0 Å². The number of furan rings is 1. The molecule has 1 saturated heterocycles. The molecule has 0 aliphatic carbocycles. The van der Waals surface area contributed by atoms with Crippen molar-refractivity contribution < 1.29 is 9.21 Å². The molecule has 1 aliphatic heterocycles. The average Bonchev–Trinajstić information content (AvgIpc) is 2.72. The van der Waals surface area contributed by atoms with Gasteiger partial charge in [-0.1, -0.05) is 0 Å². The number of thioether (sulfide) groups is 1. The van der Waals surface area contributed by atoms with Gasteiger partial charge in [0.1, 0.15) is 0 Å². The van der Waals surface area contributed by atoms with Gasteiger partial charge < -0.3 is 9.73 Å². The topological polar surface area (TPSA) is 42.2 Å². The summed E-state index contributed by atoms with van der Waals surface area (Å²) in [6, 6.07) is 3.74. The van der Waals surface area contributed by atoms with Gasteiger partial charge in [0.2, 0.25) is 0 Å². The van der Waals surface area contributed by atoms with E-state index in [2.05, 4.69) is 5.32 Å². The summed E-state index contributed by atoms with van der Waals surface area (Å²) in [6.07, 6.45) is 3.65. The maximum atomic E-state index is 11.6. The van der Waals surface area contributed by atoms with Crippen molar-refractivity contribution in [3.8, 4) is 0 Å². The first-order chi connectivity index (χ1) is 6.86. The van der Waals surface area contributed by atoms with Crippen LogP contribution in [0.1, 0.15) is 23.4 Å². The predicted molar refractivity (Wildman–Crippen MR) is 56.5 cm³/mol. The number of amides is 1. The van der Waals surface area contributed by atoms with Crippen LogP contribution in [0.25, 0.3) is 0 Å². The van der Waals surface area contributed by atoms with E-state index in [1.54, 1.807) is 12.1 Å². The zero-order valence-corrected chi connectivity index (χ0v) is 8.68. The Hall–Kier alpha value is -0.900. The molecule has 0 aromatic carbocycles. The van der Waals surface area contributed by atoms with Crippen molar-refractivity contribution in [2.24, 2.45) is 0 Å². The first kappa shape index (κ1) is 9.65. The maximum Gasteiger partial charge on any atom is 0.287 e. The standard InChI is InChI=1S/C10H13NO2S/c12-10(9-2-1-5-13-9)11-8-3-6-14-7-4-8/h1-2,5,8H,3-4,6-7H2,(H,11,12). The number of carbonyl (C=O) groups excluding carboxylic acids is 1. The number of hydrogen-bond acceptors (Lipinski definition) is 3. The molecule has 1 amide bonds. The summed E-state index contributed by atoms with van der Waals surface area (Å²) in [5, 5.41) is 2.98. The SMILES string of the molecule is O=C(NC1CCSCC1)c1ccco1. The summed E-state index contributed by atoms with van der Waals surface area (Å²) >= 11 is 1.95. The van der Waals surface area contributed by atoms with Gasteiger partial charge in [0.15, 0.2) is 5.76 Å². The van der Waals surface area contributed by atoms with Crippen molar-refractivity contribution in [2.75, 3.05) is 11.5 Å². The second-order valence-corrected chi connectivity index (χ2v) is 4.56. The minimum atomic E-state index is -0.0908. The number of rotatable bonds is 2. The summed E-state index contributed by atoms with van der Waals surface area (Å²) in [7, 11) is 0. The number of hydrogen-bond donors (Lipinski definition) is 1. The zero-order valence-electron chi connectivity index (χ0n) is 7.86. The fraction of sp³-hybridized carbons (Fsp3) is 0.500. The molecular weight excluding hydrogens is 198 g/mol. The molecule has 1 aromatic rings. The predicted octanol–water partition coefficient (Wildman–Crippen LogP) is 1.91. The van der Waals surface area contributed by atoms with Crippen molar-refractivity contribution >= 4 is 17.7 Å². The molecule has 0 saturated carbocycles. The highest BCUT2D eigenvalue weighted by atomic mass is 32.2. The van der Waals surface area contributed by atoms with E-state index in [-0.39, 0.29) is 5.91 Å². The van der Waals surface area contributed by atoms with Gasteiger partial charge in [-0.3, -0.25) is 4.79 Å². The van der Waals surface area contributed by atoms with E-state index in [0.29, 0.717) is 11.8 Å². The van der Waals surface area contributed by atoms with Crippen molar-refractivity contribution in [2.45, 2.75) is 18.9 Å². The Bertz CT molecular complexity index is 291. The van der Waals surface area contributed by atoms with Gasteiger partial charge in [0, 0.05) is 6.04 Å². The van der Waals surface area contributed by atoms with E-state index in [1.807, 2.05) is 11.8 Å². The molecule has 0 bridgehead atoms. The Morgan fingerprint density at radius 3 is 2.93 bits per heavy atom. The lowest BCUT2D eigenvalue weighted by Gasteiger charge is -2.21. The van der Waals surface area contributed by atoms with Gasteiger partial charge in [-0.15, -0.1) is 0 Å². The molecule has 1 fully saturated rings. The number of nitrogens with one attached hydrogen (secondary N) is 1. The average molecular weight is 211 g/mol. The highest BCUT2D eigenvalue weighted by Gasteiger charge is 2.17. The minimum absolute atomic E-state index is 0.0908. The van der Waals surface area contributed by atoms with Crippen molar-refractivity contribution in [1.82, 2.24) is 5.32 Å². The molecule has 1 aromatic heterocycles. The highest BCUT2D eigenvalue weighted by Crippen LogP contribution is 2.17. The third kappa shape index (κ3) is 2.32. The lowest BCUT2D eigenvalue weighted by Crippen LogP contribution is -2.37. The first-order valence-corrected chi connectivity index (χ1v) is 5.94. The third-order valence-corrected chi connectivity index (χ3v) is 3.35. The summed E-state index contributed by atoms with van der Waals surface area (Å²) in [5.74, 6) is 2.60. The second-order valence-electron chi connectivity index (χ2n) is 3.34.